The van der Waals surface area contributed by atoms with Gasteiger partial charge in [0, 0.05) is 13.6 Å². The first-order valence-corrected chi connectivity index (χ1v) is 6.81. The summed E-state index contributed by atoms with van der Waals surface area (Å²) in [6.07, 6.45) is 2.42. The van der Waals surface area contributed by atoms with Gasteiger partial charge in [0.25, 0.3) is 0 Å². The highest BCUT2D eigenvalue weighted by Crippen LogP contribution is 2.26. The van der Waals surface area contributed by atoms with Crippen molar-refractivity contribution < 1.29 is 0 Å². The van der Waals surface area contributed by atoms with Gasteiger partial charge >= 0.3 is 0 Å². The number of H-pyrrole nitrogens is 1. The summed E-state index contributed by atoms with van der Waals surface area (Å²) in [5.41, 5.74) is 3.22. The maximum Gasteiger partial charge on any atom is 0.179 e. The number of nitrogens with zero attached hydrogens (tertiary/aromatic N) is 4. The summed E-state index contributed by atoms with van der Waals surface area (Å²) in [6, 6.07) is 0.458. The van der Waals surface area contributed by atoms with E-state index in [2.05, 4.69) is 26.6 Å². The molecule has 2 aromatic heterocycles. The lowest BCUT2D eigenvalue weighted by molar-refractivity contribution is 0.213. The number of aromatic nitrogens is 4. The Morgan fingerprint density at radius 3 is 2.89 bits per heavy atom. The Morgan fingerprint density at radius 2 is 2.17 bits per heavy atom. The first-order valence-electron chi connectivity index (χ1n) is 6.40. The van der Waals surface area contributed by atoms with Gasteiger partial charge < -0.3 is 9.88 Å². The second-order valence-corrected chi connectivity index (χ2v) is 5.65. The number of hydrogen-bond donors (Lipinski definition) is 1. The van der Waals surface area contributed by atoms with Crippen LogP contribution in [0.5, 0.6) is 0 Å². The molecule has 0 aliphatic carbocycles. The van der Waals surface area contributed by atoms with Gasteiger partial charge in [0.2, 0.25) is 0 Å². The van der Waals surface area contributed by atoms with Crippen molar-refractivity contribution in [3.05, 3.63) is 10.5 Å². The molecule has 6 heteroatoms. The maximum atomic E-state index is 5.49. The highest BCUT2D eigenvalue weighted by atomic mass is 32.1. The smallest absolute Gasteiger partial charge is 0.179 e. The van der Waals surface area contributed by atoms with Gasteiger partial charge in [-0.25, -0.2) is 0 Å². The molecule has 1 saturated heterocycles. The van der Waals surface area contributed by atoms with Crippen LogP contribution in [0, 0.1) is 11.7 Å². The summed E-state index contributed by atoms with van der Waals surface area (Å²) in [7, 11) is 4.16. The Balaban J connectivity index is 2.16. The van der Waals surface area contributed by atoms with Crippen molar-refractivity contribution in [2.75, 3.05) is 20.1 Å². The van der Waals surface area contributed by atoms with E-state index in [1.54, 1.807) is 0 Å². The van der Waals surface area contributed by atoms with Crippen LogP contribution < -0.4 is 0 Å². The third-order valence-corrected chi connectivity index (χ3v) is 4.13. The third-order valence-electron chi connectivity index (χ3n) is 3.84. The Labute approximate surface area is 111 Å². The van der Waals surface area contributed by atoms with Crippen LogP contribution in [0.4, 0.5) is 0 Å². The standard InChI is InChI=1S/C12H19N5S/c1-8-10-11(16(3)14-8)17(12(18)13-10)9-5-4-6-15(2)7-9/h9H,4-7H2,1-3H3,(H,13,18). The van der Waals surface area contributed by atoms with E-state index in [9.17, 15) is 0 Å². The second-order valence-electron chi connectivity index (χ2n) is 5.27. The first kappa shape index (κ1) is 11.9. The minimum absolute atomic E-state index is 0.458. The average Bonchev–Trinajstić information content (AvgIpc) is 2.78. The molecular formula is C12H19N5S. The highest BCUT2D eigenvalue weighted by molar-refractivity contribution is 7.71. The molecule has 1 aliphatic heterocycles. The van der Waals surface area contributed by atoms with E-state index in [1.165, 1.54) is 19.4 Å². The second kappa shape index (κ2) is 4.20. The Kier molecular flexibility index (Phi) is 2.79. The number of likely N-dealkylation sites (N-methyl/N-ethyl adjacent to an activating group) is 1. The number of fused-ring (bicyclic) bond motifs is 1. The summed E-state index contributed by atoms with van der Waals surface area (Å²) in [5.74, 6) is 0. The molecule has 0 saturated carbocycles. The van der Waals surface area contributed by atoms with Crippen LogP contribution in [-0.4, -0.2) is 44.4 Å². The molecule has 98 valence electrons. The molecular weight excluding hydrogens is 246 g/mol. The molecule has 2 aromatic rings. The van der Waals surface area contributed by atoms with Crippen LogP contribution >= 0.6 is 12.2 Å². The lowest BCUT2D eigenvalue weighted by atomic mass is 10.1. The van der Waals surface area contributed by atoms with E-state index < -0.39 is 0 Å². The normalized spacial score (nSPS) is 21.8. The first-order chi connectivity index (χ1) is 8.58. The zero-order valence-corrected chi connectivity index (χ0v) is 11.9. The molecule has 1 atom stereocenters. The van der Waals surface area contributed by atoms with Crippen molar-refractivity contribution in [3.63, 3.8) is 0 Å². The van der Waals surface area contributed by atoms with Crippen molar-refractivity contribution in [1.29, 1.82) is 0 Å². The van der Waals surface area contributed by atoms with Crippen LogP contribution in [0.25, 0.3) is 11.2 Å². The van der Waals surface area contributed by atoms with Gasteiger partial charge in [0.05, 0.1) is 11.7 Å². The fourth-order valence-electron chi connectivity index (χ4n) is 3.02. The lowest BCUT2D eigenvalue weighted by Crippen LogP contribution is -2.33. The molecule has 1 N–H and O–H groups in total. The molecule has 3 heterocycles. The van der Waals surface area contributed by atoms with E-state index in [0.29, 0.717) is 6.04 Å². The van der Waals surface area contributed by atoms with Gasteiger partial charge in [-0.3, -0.25) is 9.25 Å². The van der Waals surface area contributed by atoms with E-state index in [4.69, 9.17) is 12.2 Å². The van der Waals surface area contributed by atoms with E-state index in [0.717, 1.165) is 28.2 Å². The maximum absolute atomic E-state index is 5.49. The molecule has 5 nitrogen and oxygen atoms in total. The molecule has 3 rings (SSSR count). The Bertz CT molecular complexity index is 635. The van der Waals surface area contributed by atoms with Gasteiger partial charge in [-0.05, 0) is 45.6 Å². The number of hydrogen-bond acceptors (Lipinski definition) is 3. The van der Waals surface area contributed by atoms with Crippen molar-refractivity contribution in [2.45, 2.75) is 25.8 Å². The van der Waals surface area contributed by atoms with Gasteiger partial charge in [-0.1, -0.05) is 0 Å². The van der Waals surface area contributed by atoms with Crippen molar-refractivity contribution in [1.82, 2.24) is 24.2 Å². The zero-order chi connectivity index (χ0) is 12.9. The number of imidazole rings is 1. The van der Waals surface area contributed by atoms with E-state index in [-0.39, 0.29) is 0 Å². The van der Waals surface area contributed by atoms with E-state index in [1.807, 2.05) is 18.7 Å². The van der Waals surface area contributed by atoms with Gasteiger partial charge in [0.15, 0.2) is 10.4 Å². The molecule has 1 aliphatic rings. The molecule has 0 bridgehead atoms. The van der Waals surface area contributed by atoms with Crippen LogP contribution in [0.15, 0.2) is 0 Å². The fourth-order valence-corrected chi connectivity index (χ4v) is 3.36. The van der Waals surface area contributed by atoms with Gasteiger partial charge in [0.1, 0.15) is 5.52 Å². The van der Waals surface area contributed by atoms with Crippen LogP contribution in [0.1, 0.15) is 24.6 Å². The summed E-state index contributed by atoms with van der Waals surface area (Å²) in [5, 5.41) is 4.47. The minimum atomic E-state index is 0.458. The van der Waals surface area contributed by atoms with Crippen LogP contribution in [0.2, 0.25) is 0 Å². The number of aromatic amines is 1. The fraction of sp³-hybridized carbons (Fsp3) is 0.667. The zero-order valence-electron chi connectivity index (χ0n) is 11.1. The SMILES string of the molecule is Cc1nn(C)c2c1[nH]c(=S)n2C1CCCN(C)C1. The molecule has 0 spiro atoms. The number of rotatable bonds is 1. The average molecular weight is 265 g/mol. The quantitative estimate of drug-likeness (QED) is 0.802. The van der Waals surface area contributed by atoms with Gasteiger partial charge in [-0.2, -0.15) is 5.10 Å². The summed E-state index contributed by atoms with van der Waals surface area (Å²) in [4.78, 5) is 5.68. The van der Waals surface area contributed by atoms with Crippen molar-refractivity contribution >= 4 is 23.4 Å². The predicted molar refractivity (Wildman–Crippen MR) is 74.4 cm³/mol. The molecule has 18 heavy (non-hydrogen) atoms. The summed E-state index contributed by atoms with van der Waals surface area (Å²) >= 11 is 5.49. The Morgan fingerprint density at radius 1 is 1.39 bits per heavy atom. The monoisotopic (exact) mass is 265 g/mol. The molecule has 1 fully saturated rings. The number of nitrogens with one attached hydrogen (secondary N) is 1. The summed E-state index contributed by atoms with van der Waals surface area (Å²) in [6.45, 7) is 4.26. The van der Waals surface area contributed by atoms with Crippen molar-refractivity contribution in [3.8, 4) is 0 Å². The topological polar surface area (TPSA) is 41.8 Å². The molecule has 0 aromatic carbocycles. The van der Waals surface area contributed by atoms with Crippen molar-refractivity contribution in [2.24, 2.45) is 7.05 Å². The predicted octanol–water partition coefficient (Wildman–Crippen LogP) is 2.01. The third kappa shape index (κ3) is 1.71. The molecule has 0 radical (unpaired) electrons. The van der Waals surface area contributed by atoms with E-state index >= 15 is 0 Å². The minimum Gasteiger partial charge on any atom is -0.328 e. The molecule has 0 amide bonds. The lowest BCUT2D eigenvalue weighted by Gasteiger charge is -2.30. The van der Waals surface area contributed by atoms with Crippen LogP contribution in [0.3, 0.4) is 0 Å². The molecule has 1 unspecified atom stereocenters. The number of piperidine rings is 1. The van der Waals surface area contributed by atoms with Gasteiger partial charge in [-0.15, -0.1) is 0 Å². The summed E-state index contributed by atoms with van der Waals surface area (Å²) < 4.78 is 5.01. The highest BCUT2D eigenvalue weighted by Gasteiger charge is 2.23. The number of likely N-dealkylation sites (tertiary alicyclic amines) is 1. The van der Waals surface area contributed by atoms with Crippen LogP contribution in [-0.2, 0) is 7.05 Å². The number of aryl methyl sites for hydroxylation is 2. The Hall–Kier alpha value is -1.14. The largest absolute Gasteiger partial charge is 0.328 e.